The van der Waals surface area contributed by atoms with Gasteiger partial charge in [-0.1, -0.05) is 36.0 Å². The first-order valence-corrected chi connectivity index (χ1v) is 9.19. The molecule has 128 valence electrons. The lowest BCUT2D eigenvalue weighted by Crippen LogP contribution is -2.33. The van der Waals surface area contributed by atoms with Crippen molar-refractivity contribution in [3.8, 4) is 0 Å². The Balaban J connectivity index is 1.44. The number of anilines is 1. The lowest BCUT2D eigenvalue weighted by molar-refractivity contribution is -0.122. The molecule has 0 spiro atoms. The summed E-state index contributed by atoms with van der Waals surface area (Å²) < 4.78 is 6.30. The molecule has 3 rings (SSSR count). The van der Waals surface area contributed by atoms with Gasteiger partial charge in [-0.3, -0.25) is 9.59 Å². The number of thioether (sulfide) groups is 1. The van der Waals surface area contributed by atoms with Crippen LogP contribution in [0.3, 0.4) is 0 Å². The molecule has 0 atom stereocenters. The van der Waals surface area contributed by atoms with Crippen molar-refractivity contribution in [2.45, 2.75) is 5.22 Å². The van der Waals surface area contributed by atoms with Gasteiger partial charge in [-0.15, -0.1) is 0 Å². The van der Waals surface area contributed by atoms with Gasteiger partial charge in [-0.05, 0) is 40.2 Å². The number of oxazole rings is 1. The Hall–Kier alpha value is -2.32. The molecule has 2 amide bonds. The molecule has 1 heterocycles. The molecule has 0 bridgehead atoms. The number of nitrogens with zero attached hydrogens (tertiary/aromatic N) is 1. The molecule has 0 radical (unpaired) electrons. The van der Waals surface area contributed by atoms with Gasteiger partial charge in [0.2, 0.25) is 11.8 Å². The fraction of sp³-hybridized carbons (Fsp3) is 0.118. The van der Waals surface area contributed by atoms with E-state index >= 15 is 0 Å². The first-order chi connectivity index (χ1) is 12.1. The van der Waals surface area contributed by atoms with Gasteiger partial charge in [0.25, 0.3) is 5.22 Å². The van der Waals surface area contributed by atoms with Crippen LogP contribution in [-0.2, 0) is 9.59 Å². The summed E-state index contributed by atoms with van der Waals surface area (Å²) in [6.07, 6.45) is 0. The smallest absolute Gasteiger partial charge is 0.257 e. The Morgan fingerprint density at radius 3 is 2.64 bits per heavy atom. The van der Waals surface area contributed by atoms with Crippen LogP contribution in [0, 0.1) is 0 Å². The molecule has 25 heavy (non-hydrogen) atoms. The highest BCUT2D eigenvalue weighted by Gasteiger charge is 2.11. The quantitative estimate of drug-likeness (QED) is 0.597. The molecule has 2 aromatic carbocycles. The first kappa shape index (κ1) is 17.5. The average molecular weight is 420 g/mol. The SMILES string of the molecule is O=C(CSc1nc2ccccc2o1)NCC(=O)Nc1ccccc1Br. The number of amides is 2. The zero-order chi connectivity index (χ0) is 17.6. The van der Waals surface area contributed by atoms with Crippen molar-refractivity contribution in [1.29, 1.82) is 0 Å². The van der Waals surface area contributed by atoms with Crippen molar-refractivity contribution < 1.29 is 14.0 Å². The summed E-state index contributed by atoms with van der Waals surface area (Å²) in [7, 11) is 0. The van der Waals surface area contributed by atoms with Crippen LogP contribution >= 0.6 is 27.7 Å². The number of aromatic nitrogens is 1. The lowest BCUT2D eigenvalue weighted by Gasteiger charge is -2.07. The van der Waals surface area contributed by atoms with Crippen molar-refractivity contribution in [2.24, 2.45) is 0 Å². The number of nitrogens with one attached hydrogen (secondary N) is 2. The number of para-hydroxylation sites is 3. The third kappa shape index (κ3) is 4.83. The Kier molecular flexibility index (Phi) is 5.72. The number of rotatable bonds is 6. The maximum absolute atomic E-state index is 11.9. The minimum Gasteiger partial charge on any atom is -0.431 e. The van der Waals surface area contributed by atoms with Gasteiger partial charge >= 0.3 is 0 Å². The molecular formula is C17H14BrN3O3S. The Bertz CT molecular complexity index is 880. The zero-order valence-corrected chi connectivity index (χ0v) is 15.4. The first-order valence-electron chi connectivity index (χ1n) is 7.41. The summed E-state index contributed by atoms with van der Waals surface area (Å²) in [5.41, 5.74) is 2.08. The summed E-state index contributed by atoms with van der Waals surface area (Å²) in [6, 6.07) is 14.7. The number of hydrogen-bond acceptors (Lipinski definition) is 5. The number of halogens is 1. The third-order valence-corrected chi connectivity index (χ3v) is 4.71. The molecule has 8 heteroatoms. The van der Waals surface area contributed by atoms with Gasteiger partial charge < -0.3 is 15.1 Å². The summed E-state index contributed by atoms with van der Waals surface area (Å²) in [5, 5.41) is 5.71. The van der Waals surface area contributed by atoms with E-state index in [0.717, 1.165) is 9.99 Å². The molecule has 0 saturated carbocycles. The van der Waals surface area contributed by atoms with Crippen molar-refractivity contribution in [1.82, 2.24) is 10.3 Å². The second-order valence-electron chi connectivity index (χ2n) is 5.04. The number of benzene rings is 2. The average Bonchev–Trinajstić information content (AvgIpc) is 3.03. The molecule has 0 aliphatic rings. The van der Waals surface area contributed by atoms with E-state index in [4.69, 9.17) is 4.42 Å². The second kappa shape index (κ2) is 8.17. The Morgan fingerprint density at radius 2 is 1.84 bits per heavy atom. The largest absolute Gasteiger partial charge is 0.431 e. The molecule has 2 N–H and O–H groups in total. The highest BCUT2D eigenvalue weighted by atomic mass is 79.9. The minimum absolute atomic E-state index is 0.103. The van der Waals surface area contributed by atoms with Crippen LogP contribution < -0.4 is 10.6 Å². The van der Waals surface area contributed by atoms with Gasteiger partial charge in [0.15, 0.2) is 5.58 Å². The van der Waals surface area contributed by atoms with E-state index in [-0.39, 0.29) is 24.1 Å². The van der Waals surface area contributed by atoms with E-state index in [1.54, 1.807) is 6.07 Å². The molecule has 0 aliphatic carbocycles. The molecule has 0 aliphatic heterocycles. The number of carbonyl (C=O) groups is 2. The summed E-state index contributed by atoms with van der Waals surface area (Å²) >= 11 is 4.53. The maximum Gasteiger partial charge on any atom is 0.257 e. The number of fused-ring (bicyclic) bond motifs is 1. The van der Waals surface area contributed by atoms with Crippen LogP contribution in [0.2, 0.25) is 0 Å². The minimum atomic E-state index is -0.299. The number of carbonyl (C=O) groups excluding carboxylic acids is 2. The standard InChI is InChI=1S/C17H14BrN3O3S/c18-11-5-1-2-6-12(11)20-15(22)9-19-16(23)10-25-17-21-13-7-3-4-8-14(13)24-17/h1-8H,9-10H2,(H,19,23)(H,20,22). The van der Waals surface area contributed by atoms with Crippen molar-refractivity contribution >= 4 is 56.3 Å². The normalized spacial score (nSPS) is 10.6. The summed E-state index contributed by atoms with van der Waals surface area (Å²) in [6.45, 7) is -0.103. The monoisotopic (exact) mass is 419 g/mol. The van der Waals surface area contributed by atoms with Crippen LogP contribution in [0.5, 0.6) is 0 Å². The predicted octanol–water partition coefficient (Wildman–Crippen LogP) is 3.44. The van der Waals surface area contributed by atoms with Crippen molar-refractivity contribution in [3.05, 3.63) is 53.0 Å². The molecule has 0 fully saturated rings. The highest BCUT2D eigenvalue weighted by molar-refractivity contribution is 9.10. The lowest BCUT2D eigenvalue weighted by atomic mass is 10.3. The van der Waals surface area contributed by atoms with Crippen LogP contribution in [0.15, 0.2) is 62.6 Å². The van der Waals surface area contributed by atoms with Crippen LogP contribution in [0.4, 0.5) is 5.69 Å². The molecule has 0 unspecified atom stereocenters. The second-order valence-corrected chi connectivity index (χ2v) is 6.82. The van der Waals surface area contributed by atoms with Crippen LogP contribution in [-0.4, -0.2) is 29.1 Å². The molecular weight excluding hydrogens is 406 g/mol. The van der Waals surface area contributed by atoms with Gasteiger partial charge in [-0.25, -0.2) is 4.98 Å². The highest BCUT2D eigenvalue weighted by Crippen LogP contribution is 2.23. The molecule has 6 nitrogen and oxygen atoms in total. The zero-order valence-electron chi connectivity index (χ0n) is 13.0. The summed E-state index contributed by atoms with van der Waals surface area (Å²) in [4.78, 5) is 28.0. The van der Waals surface area contributed by atoms with Gasteiger partial charge in [0, 0.05) is 4.47 Å². The van der Waals surface area contributed by atoms with E-state index in [0.29, 0.717) is 16.5 Å². The Labute approximate surface area is 156 Å². The maximum atomic E-state index is 11.9. The van der Waals surface area contributed by atoms with E-state index < -0.39 is 0 Å². The third-order valence-electron chi connectivity index (χ3n) is 3.20. The van der Waals surface area contributed by atoms with Crippen LogP contribution in [0.25, 0.3) is 11.1 Å². The van der Waals surface area contributed by atoms with Gasteiger partial charge in [-0.2, -0.15) is 0 Å². The van der Waals surface area contributed by atoms with Gasteiger partial charge in [0.1, 0.15) is 5.52 Å². The van der Waals surface area contributed by atoms with Crippen molar-refractivity contribution in [3.63, 3.8) is 0 Å². The molecule has 0 saturated heterocycles. The van der Waals surface area contributed by atoms with E-state index in [1.165, 1.54) is 11.8 Å². The van der Waals surface area contributed by atoms with Crippen molar-refractivity contribution in [2.75, 3.05) is 17.6 Å². The fourth-order valence-corrected chi connectivity index (χ4v) is 3.08. The topological polar surface area (TPSA) is 84.2 Å². The predicted molar refractivity (Wildman–Crippen MR) is 101 cm³/mol. The van der Waals surface area contributed by atoms with E-state index in [1.807, 2.05) is 42.5 Å². The van der Waals surface area contributed by atoms with E-state index in [2.05, 4.69) is 31.5 Å². The molecule has 1 aromatic heterocycles. The Morgan fingerprint density at radius 1 is 1.08 bits per heavy atom. The van der Waals surface area contributed by atoms with Gasteiger partial charge in [0.05, 0.1) is 18.0 Å². The number of hydrogen-bond donors (Lipinski definition) is 2. The van der Waals surface area contributed by atoms with E-state index in [9.17, 15) is 9.59 Å². The summed E-state index contributed by atoms with van der Waals surface area (Å²) in [5.74, 6) is -0.448. The van der Waals surface area contributed by atoms with Crippen LogP contribution in [0.1, 0.15) is 0 Å². The molecule has 3 aromatic rings. The fourth-order valence-electron chi connectivity index (χ4n) is 2.03.